The third kappa shape index (κ3) is 4.58. The fourth-order valence-electron chi connectivity index (χ4n) is 2.53. The van der Waals surface area contributed by atoms with Crippen LogP contribution in [0.25, 0.3) is 0 Å². The first-order valence-electron chi connectivity index (χ1n) is 8.29. The highest BCUT2D eigenvalue weighted by Crippen LogP contribution is 2.47. The van der Waals surface area contributed by atoms with Crippen molar-refractivity contribution in [2.75, 3.05) is 0 Å². The average molecular weight is 505 g/mol. The molecular weight excluding hydrogens is 495 g/mol. The molecular formula is C17H10F3N3O6S3. The van der Waals surface area contributed by atoms with E-state index in [1.54, 1.807) is 6.92 Å². The van der Waals surface area contributed by atoms with Crippen LogP contribution in [0.4, 0.5) is 24.5 Å². The molecule has 0 aliphatic rings. The van der Waals surface area contributed by atoms with Gasteiger partial charge in [0.25, 0.3) is 11.4 Å². The van der Waals surface area contributed by atoms with Crippen LogP contribution >= 0.6 is 23.1 Å². The lowest BCUT2D eigenvalue weighted by Crippen LogP contribution is -2.08. The third-order valence-corrected chi connectivity index (χ3v) is 8.18. The van der Waals surface area contributed by atoms with E-state index in [1.807, 2.05) is 0 Å². The highest BCUT2D eigenvalue weighted by atomic mass is 32.2. The lowest BCUT2D eigenvalue weighted by Gasteiger charge is -2.10. The van der Waals surface area contributed by atoms with E-state index in [4.69, 9.17) is 0 Å². The predicted octanol–water partition coefficient (Wildman–Crippen LogP) is 5.27. The van der Waals surface area contributed by atoms with Gasteiger partial charge in [0, 0.05) is 12.1 Å². The van der Waals surface area contributed by atoms with Gasteiger partial charge in [-0.05, 0) is 19.1 Å². The van der Waals surface area contributed by atoms with Crippen molar-refractivity contribution in [3.63, 3.8) is 0 Å². The Bertz CT molecular complexity index is 1290. The molecule has 0 atom stereocenters. The standard InChI is InChI=1S/C17H10F3N3O6S3/c1-9-2-4-11(5-3-9)32(28,29)15-16(30-8-21-15)31-14-12(22(24)25)6-10(17(18,19)20)7-13(14)23(26)27/h2-8H,1H3. The Morgan fingerprint density at radius 1 is 1.03 bits per heavy atom. The van der Waals surface area contributed by atoms with Gasteiger partial charge < -0.3 is 0 Å². The summed E-state index contributed by atoms with van der Waals surface area (Å²) in [5, 5.41) is 22.3. The maximum absolute atomic E-state index is 13.1. The molecule has 1 aromatic heterocycles. The Labute approximate surface area is 186 Å². The van der Waals surface area contributed by atoms with Crippen LogP contribution in [0.3, 0.4) is 0 Å². The molecule has 0 spiro atoms. The Morgan fingerprint density at radius 3 is 2.03 bits per heavy atom. The van der Waals surface area contributed by atoms with Crippen LogP contribution in [0.5, 0.6) is 0 Å². The van der Waals surface area contributed by atoms with Crippen molar-refractivity contribution in [3.8, 4) is 0 Å². The Morgan fingerprint density at radius 2 is 1.56 bits per heavy atom. The monoisotopic (exact) mass is 505 g/mol. The summed E-state index contributed by atoms with van der Waals surface area (Å²) in [5.74, 6) is 0. The number of nitro benzene ring substituents is 2. The Hall–Kier alpha value is -3.04. The fraction of sp³-hybridized carbons (Fsp3) is 0.118. The highest BCUT2D eigenvalue weighted by molar-refractivity contribution is 8.02. The zero-order valence-corrected chi connectivity index (χ0v) is 18.1. The van der Waals surface area contributed by atoms with Crippen LogP contribution in [0.15, 0.2) is 60.9 Å². The van der Waals surface area contributed by atoms with Crippen molar-refractivity contribution in [3.05, 3.63) is 73.3 Å². The minimum absolute atomic E-state index is 0.132. The van der Waals surface area contributed by atoms with E-state index in [1.165, 1.54) is 24.3 Å². The summed E-state index contributed by atoms with van der Waals surface area (Å²) in [7, 11) is -4.20. The zero-order chi connectivity index (χ0) is 23.8. The minimum atomic E-state index is -5.07. The second-order valence-electron chi connectivity index (χ2n) is 6.22. The summed E-state index contributed by atoms with van der Waals surface area (Å²) < 4.78 is 65.0. The summed E-state index contributed by atoms with van der Waals surface area (Å²) in [6.45, 7) is 1.74. The molecule has 168 valence electrons. The van der Waals surface area contributed by atoms with E-state index < -0.39 is 52.7 Å². The Kier molecular flexibility index (Phi) is 6.26. The molecule has 15 heteroatoms. The Balaban J connectivity index is 2.17. The molecule has 32 heavy (non-hydrogen) atoms. The topological polar surface area (TPSA) is 133 Å². The number of hydrogen-bond donors (Lipinski definition) is 0. The van der Waals surface area contributed by atoms with Gasteiger partial charge in [-0.2, -0.15) is 13.2 Å². The van der Waals surface area contributed by atoms with E-state index in [-0.39, 0.29) is 21.2 Å². The molecule has 0 aliphatic carbocycles. The summed E-state index contributed by atoms with van der Waals surface area (Å²) in [6.07, 6.45) is -5.07. The van der Waals surface area contributed by atoms with E-state index in [0.717, 1.165) is 22.4 Å². The number of alkyl halides is 3. The van der Waals surface area contributed by atoms with E-state index in [2.05, 4.69) is 4.98 Å². The largest absolute Gasteiger partial charge is 0.416 e. The quantitative estimate of drug-likeness (QED) is 0.327. The normalized spacial score (nSPS) is 12.0. The van der Waals surface area contributed by atoms with Crippen LogP contribution in [0, 0.1) is 27.2 Å². The molecule has 2 aromatic carbocycles. The number of aromatic nitrogens is 1. The fourth-order valence-corrected chi connectivity index (χ4v) is 6.44. The number of benzene rings is 2. The van der Waals surface area contributed by atoms with E-state index >= 15 is 0 Å². The van der Waals surface area contributed by atoms with Gasteiger partial charge in [0.2, 0.25) is 9.84 Å². The van der Waals surface area contributed by atoms with Crippen LogP contribution in [-0.2, 0) is 16.0 Å². The molecule has 3 aromatic rings. The maximum atomic E-state index is 13.1. The zero-order valence-electron chi connectivity index (χ0n) is 15.7. The number of rotatable bonds is 6. The lowest BCUT2D eigenvalue weighted by atomic mass is 10.1. The summed E-state index contributed by atoms with van der Waals surface area (Å²) in [5.41, 5.74) is -2.03. The van der Waals surface area contributed by atoms with Crippen LogP contribution in [0.1, 0.15) is 11.1 Å². The lowest BCUT2D eigenvalue weighted by molar-refractivity contribution is -0.400. The number of thiazole rings is 1. The summed E-state index contributed by atoms with van der Waals surface area (Å²) in [4.78, 5) is 23.3. The van der Waals surface area contributed by atoms with Crippen molar-refractivity contribution in [2.24, 2.45) is 0 Å². The molecule has 0 amide bonds. The minimum Gasteiger partial charge on any atom is -0.258 e. The molecule has 0 fully saturated rings. The highest BCUT2D eigenvalue weighted by Gasteiger charge is 2.38. The number of aryl methyl sites for hydroxylation is 1. The molecule has 0 saturated carbocycles. The summed E-state index contributed by atoms with van der Waals surface area (Å²) >= 11 is 1.03. The third-order valence-electron chi connectivity index (χ3n) is 4.06. The van der Waals surface area contributed by atoms with Crippen LogP contribution < -0.4 is 0 Å². The average Bonchev–Trinajstić information content (AvgIpc) is 3.16. The van der Waals surface area contributed by atoms with Gasteiger partial charge >= 0.3 is 6.18 Å². The van der Waals surface area contributed by atoms with E-state index in [0.29, 0.717) is 11.8 Å². The molecule has 0 saturated heterocycles. The first-order valence-corrected chi connectivity index (χ1v) is 11.5. The molecule has 0 aliphatic heterocycles. The second-order valence-corrected chi connectivity index (χ2v) is 10.2. The van der Waals surface area contributed by atoms with Crippen molar-refractivity contribution >= 4 is 44.3 Å². The molecule has 3 rings (SSSR count). The molecule has 0 radical (unpaired) electrons. The van der Waals surface area contributed by atoms with Crippen molar-refractivity contribution in [1.29, 1.82) is 0 Å². The van der Waals surface area contributed by atoms with Gasteiger partial charge in [0.15, 0.2) is 9.92 Å². The van der Waals surface area contributed by atoms with Crippen molar-refractivity contribution in [1.82, 2.24) is 4.98 Å². The number of halogens is 3. The number of nitrogens with zero attached hydrogens (tertiary/aromatic N) is 3. The number of nitro groups is 2. The van der Waals surface area contributed by atoms with Crippen molar-refractivity contribution in [2.45, 2.75) is 32.1 Å². The predicted molar refractivity (Wildman–Crippen MR) is 108 cm³/mol. The van der Waals surface area contributed by atoms with Gasteiger partial charge in [0.05, 0.1) is 25.8 Å². The number of sulfone groups is 1. The smallest absolute Gasteiger partial charge is 0.258 e. The molecule has 1 heterocycles. The summed E-state index contributed by atoms with van der Waals surface area (Å²) in [6, 6.07) is 6.06. The maximum Gasteiger partial charge on any atom is 0.416 e. The first kappa shape index (κ1) is 23.6. The molecule has 0 unspecified atom stereocenters. The number of hydrogen-bond acceptors (Lipinski definition) is 9. The van der Waals surface area contributed by atoms with Gasteiger partial charge in [0.1, 0.15) is 4.21 Å². The molecule has 9 nitrogen and oxygen atoms in total. The molecule has 0 bridgehead atoms. The van der Waals surface area contributed by atoms with Gasteiger partial charge in [-0.3, -0.25) is 20.2 Å². The van der Waals surface area contributed by atoms with E-state index in [9.17, 15) is 41.8 Å². The van der Waals surface area contributed by atoms with Crippen LogP contribution in [0.2, 0.25) is 0 Å². The van der Waals surface area contributed by atoms with Gasteiger partial charge in [-0.25, -0.2) is 13.4 Å². The molecule has 0 N–H and O–H groups in total. The van der Waals surface area contributed by atoms with Gasteiger partial charge in [-0.1, -0.05) is 29.5 Å². The van der Waals surface area contributed by atoms with Crippen molar-refractivity contribution < 1.29 is 31.4 Å². The first-order chi connectivity index (χ1) is 14.8. The second kappa shape index (κ2) is 8.48. The van der Waals surface area contributed by atoms with Crippen LogP contribution in [-0.4, -0.2) is 23.2 Å². The SMILES string of the molecule is Cc1ccc(S(=O)(=O)c2ncsc2Sc2c([N+](=O)[O-])cc(C(F)(F)F)cc2[N+](=O)[O-])cc1. The van der Waals surface area contributed by atoms with Gasteiger partial charge in [-0.15, -0.1) is 11.3 Å².